The first-order valence-electron chi connectivity index (χ1n) is 6.74. The monoisotopic (exact) mass is 320 g/mol. The lowest BCUT2D eigenvalue weighted by Crippen LogP contribution is -2.07. The number of aliphatic hydroxyl groups excluding tert-OH is 1. The summed E-state index contributed by atoms with van der Waals surface area (Å²) >= 11 is 0. The Morgan fingerprint density at radius 3 is 2.13 bits per heavy atom. The molecule has 1 heterocycles. The van der Waals surface area contributed by atoms with Crippen LogP contribution in [0.15, 0.2) is 60.4 Å². The van der Waals surface area contributed by atoms with Gasteiger partial charge in [0.05, 0.1) is 11.1 Å². The summed E-state index contributed by atoms with van der Waals surface area (Å²) in [5.74, 6) is -1.42. The first kappa shape index (κ1) is 15.1. The minimum atomic E-state index is -4.44. The van der Waals surface area contributed by atoms with Crippen molar-refractivity contribution in [2.45, 2.75) is 12.3 Å². The average Bonchev–Trinajstić information content (AvgIpc) is 2.83. The number of halogens is 3. The number of hydrogen-bond acceptors (Lipinski definition) is 3. The summed E-state index contributed by atoms with van der Waals surface area (Å²) in [5.41, 5.74) is 0.380. The van der Waals surface area contributed by atoms with Crippen LogP contribution in [0.1, 0.15) is 22.8 Å². The van der Waals surface area contributed by atoms with Crippen molar-refractivity contribution in [1.29, 1.82) is 0 Å². The van der Waals surface area contributed by atoms with E-state index < -0.39 is 29.6 Å². The smallest absolute Gasteiger partial charge is 0.416 e. The summed E-state index contributed by atoms with van der Waals surface area (Å²) in [7, 11) is 0. The SMILES string of the molecule is O=C1OC(c2ccc(C(F)(F)F)cc2)C(c2ccccc2)=C1O. The van der Waals surface area contributed by atoms with Gasteiger partial charge in [0.2, 0.25) is 5.76 Å². The summed E-state index contributed by atoms with van der Waals surface area (Å²) in [4.78, 5) is 11.7. The van der Waals surface area contributed by atoms with Crippen molar-refractivity contribution in [2.75, 3.05) is 0 Å². The van der Waals surface area contributed by atoms with Gasteiger partial charge in [-0.05, 0) is 23.3 Å². The van der Waals surface area contributed by atoms with Gasteiger partial charge in [0.1, 0.15) is 0 Å². The molecule has 3 rings (SSSR count). The number of carbonyl (C=O) groups is 1. The molecule has 6 heteroatoms. The van der Waals surface area contributed by atoms with Crippen LogP contribution < -0.4 is 0 Å². The van der Waals surface area contributed by atoms with Crippen molar-refractivity contribution >= 4 is 11.5 Å². The molecule has 1 atom stereocenters. The fourth-order valence-electron chi connectivity index (χ4n) is 2.44. The molecule has 3 nitrogen and oxygen atoms in total. The van der Waals surface area contributed by atoms with Gasteiger partial charge in [0, 0.05) is 0 Å². The van der Waals surface area contributed by atoms with Crippen LogP contribution in [0.4, 0.5) is 13.2 Å². The molecule has 1 aliphatic heterocycles. The van der Waals surface area contributed by atoms with E-state index in [1.54, 1.807) is 30.3 Å². The highest BCUT2D eigenvalue weighted by Gasteiger charge is 2.37. The minimum Gasteiger partial charge on any atom is -0.502 e. The molecule has 23 heavy (non-hydrogen) atoms. The van der Waals surface area contributed by atoms with Crippen molar-refractivity contribution in [1.82, 2.24) is 0 Å². The molecule has 1 N–H and O–H groups in total. The third-order valence-electron chi connectivity index (χ3n) is 3.56. The third-order valence-corrected chi connectivity index (χ3v) is 3.56. The molecule has 2 aromatic carbocycles. The van der Waals surface area contributed by atoms with E-state index in [2.05, 4.69) is 0 Å². The Labute approximate surface area is 129 Å². The highest BCUT2D eigenvalue weighted by molar-refractivity contribution is 6.00. The van der Waals surface area contributed by atoms with E-state index in [1.807, 2.05) is 0 Å². The maximum Gasteiger partial charge on any atom is 0.416 e. The number of benzene rings is 2. The molecule has 2 aromatic rings. The first-order valence-corrected chi connectivity index (χ1v) is 6.74. The maximum atomic E-state index is 12.6. The van der Waals surface area contributed by atoms with Crippen molar-refractivity contribution in [2.24, 2.45) is 0 Å². The molecule has 118 valence electrons. The number of ether oxygens (including phenoxy) is 1. The molecule has 0 amide bonds. The van der Waals surface area contributed by atoms with Crippen molar-refractivity contribution in [3.8, 4) is 0 Å². The number of aliphatic hydroxyl groups is 1. The lowest BCUT2D eigenvalue weighted by molar-refractivity contribution is -0.142. The van der Waals surface area contributed by atoms with E-state index >= 15 is 0 Å². The Hall–Kier alpha value is -2.76. The zero-order chi connectivity index (χ0) is 16.6. The van der Waals surface area contributed by atoms with Crippen molar-refractivity contribution in [3.05, 3.63) is 77.0 Å². The number of esters is 1. The fraction of sp³-hybridized carbons (Fsp3) is 0.118. The highest BCUT2D eigenvalue weighted by atomic mass is 19.4. The van der Waals surface area contributed by atoms with E-state index in [0.29, 0.717) is 11.1 Å². The van der Waals surface area contributed by atoms with Gasteiger partial charge in [-0.25, -0.2) is 4.79 Å². The summed E-state index contributed by atoms with van der Waals surface area (Å²) in [6.45, 7) is 0. The molecule has 0 fully saturated rings. The number of hydrogen-bond donors (Lipinski definition) is 1. The number of cyclic esters (lactones) is 1. The lowest BCUT2D eigenvalue weighted by atomic mass is 9.95. The van der Waals surface area contributed by atoms with Crippen LogP contribution >= 0.6 is 0 Å². The van der Waals surface area contributed by atoms with Crippen molar-refractivity contribution in [3.63, 3.8) is 0 Å². The Bertz CT molecular complexity index is 762. The molecule has 0 radical (unpaired) electrons. The second-order valence-corrected chi connectivity index (χ2v) is 5.03. The zero-order valence-electron chi connectivity index (χ0n) is 11.7. The topological polar surface area (TPSA) is 46.5 Å². The molecule has 1 aliphatic rings. The molecule has 0 bridgehead atoms. The standard InChI is InChI=1S/C17H11F3O3/c18-17(19,20)12-8-6-11(7-9-12)15-13(14(21)16(22)23-15)10-4-2-1-3-5-10/h1-9,15,21H. The summed E-state index contributed by atoms with van der Waals surface area (Å²) in [6.07, 6.45) is -5.38. The summed E-state index contributed by atoms with van der Waals surface area (Å²) in [5, 5.41) is 9.95. The van der Waals surface area contributed by atoms with Crippen LogP contribution in [-0.2, 0) is 15.7 Å². The first-order chi connectivity index (χ1) is 10.9. The number of carbonyl (C=O) groups excluding carboxylic acids is 1. The van der Waals surface area contributed by atoms with Crippen LogP contribution in [0.25, 0.3) is 5.57 Å². The van der Waals surface area contributed by atoms with Crippen LogP contribution in [0, 0.1) is 0 Å². The van der Waals surface area contributed by atoms with Gasteiger partial charge in [0.15, 0.2) is 6.10 Å². The van der Waals surface area contributed by atoms with E-state index in [1.165, 1.54) is 12.1 Å². The summed E-state index contributed by atoms with van der Waals surface area (Å²) in [6, 6.07) is 12.9. The predicted octanol–water partition coefficient (Wildman–Crippen LogP) is 4.27. The van der Waals surface area contributed by atoms with Crippen molar-refractivity contribution < 1.29 is 27.8 Å². The Morgan fingerprint density at radius 1 is 0.957 bits per heavy atom. The van der Waals surface area contributed by atoms with Crippen LogP contribution in [-0.4, -0.2) is 11.1 Å². The molecule has 0 saturated heterocycles. The van der Waals surface area contributed by atoms with E-state index in [4.69, 9.17) is 4.74 Å². The lowest BCUT2D eigenvalue weighted by Gasteiger charge is -2.15. The fourth-order valence-corrected chi connectivity index (χ4v) is 2.44. The molecule has 0 saturated carbocycles. The Morgan fingerprint density at radius 2 is 1.57 bits per heavy atom. The van der Waals surface area contributed by atoms with Gasteiger partial charge < -0.3 is 9.84 Å². The van der Waals surface area contributed by atoms with Gasteiger partial charge in [0.25, 0.3) is 0 Å². The molecule has 0 aromatic heterocycles. The number of alkyl halides is 3. The predicted molar refractivity (Wildman–Crippen MR) is 76.3 cm³/mol. The van der Waals surface area contributed by atoms with Gasteiger partial charge in [-0.2, -0.15) is 13.2 Å². The second-order valence-electron chi connectivity index (χ2n) is 5.03. The van der Waals surface area contributed by atoms with Gasteiger partial charge >= 0.3 is 12.1 Å². The highest BCUT2D eigenvalue weighted by Crippen LogP contribution is 2.41. The molecule has 0 spiro atoms. The zero-order valence-corrected chi connectivity index (χ0v) is 11.7. The quantitative estimate of drug-likeness (QED) is 0.841. The second kappa shape index (κ2) is 5.46. The molecule has 0 aliphatic carbocycles. The van der Waals surface area contributed by atoms with E-state index in [-0.39, 0.29) is 5.57 Å². The van der Waals surface area contributed by atoms with Crippen LogP contribution in [0.2, 0.25) is 0 Å². The van der Waals surface area contributed by atoms with E-state index in [0.717, 1.165) is 12.1 Å². The summed E-state index contributed by atoms with van der Waals surface area (Å²) < 4.78 is 43.0. The van der Waals surface area contributed by atoms with Gasteiger partial charge in [-0.1, -0.05) is 42.5 Å². The third kappa shape index (κ3) is 2.79. The van der Waals surface area contributed by atoms with Gasteiger partial charge in [-0.15, -0.1) is 0 Å². The maximum absolute atomic E-state index is 12.6. The normalized spacial score (nSPS) is 18.2. The average molecular weight is 320 g/mol. The van der Waals surface area contributed by atoms with Crippen LogP contribution in [0.3, 0.4) is 0 Å². The largest absolute Gasteiger partial charge is 0.502 e. The van der Waals surface area contributed by atoms with E-state index in [9.17, 15) is 23.1 Å². The van der Waals surface area contributed by atoms with Gasteiger partial charge in [-0.3, -0.25) is 0 Å². The minimum absolute atomic E-state index is 0.246. The molecular formula is C17H11F3O3. The Kier molecular flexibility index (Phi) is 3.60. The van der Waals surface area contributed by atoms with Crippen LogP contribution in [0.5, 0.6) is 0 Å². The molecular weight excluding hydrogens is 309 g/mol. The Balaban J connectivity index is 2.01. The molecule has 1 unspecified atom stereocenters. The number of rotatable bonds is 2.